The number of nitro groups is 1. The van der Waals surface area contributed by atoms with Crippen molar-refractivity contribution in [3.05, 3.63) is 34.1 Å². The summed E-state index contributed by atoms with van der Waals surface area (Å²) in [5.74, 6) is -1.25. The molecule has 0 spiro atoms. The van der Waals surface area contributed by atoms with E-state index in [0.717, 1.165) is 23.9 Å². The second-order valence-corrected chi connectivity index (χ2v) is 5.53. The molecule has 0 aliphatic heterocycles. The van der Waals surface area contributed by atoms with Crippen LogP contribution in [0.4, 0.5) is 15.8 Å². The SMILES string of the molecule is CN(C)C(=S)SCC(=O)Nc1ccc(F)c([N+](=O)[O-])c1. The normalized spacial score (nSPS) is 9.95. The number of nitro benzene ring substituents is 1. The number of amides is 1. The Balaban J connectivity index is 2.65. The van der Waals surface area contributed by atoms with Gasteiger partial charge in [0.2, 0.25) is 11.7 Å². The van der Waals surface area contributed by atoms with Gasteiger partial charge in [0.25, 0.3) is 0 Å². The van der Waals surface area contributed by atoms with E-state index in [1.54, 1.807) is 19.0 Å². The fourth-order valence-electron chi connectivity index (χ4n) is 1.18. The van der Waals surface area contributed by atoms with Crippen LogP contribution in [0, 0.1) is 15.9 Å². The van der Waals surface area contributed by atoms with Gasteiger partial charge in [0.05, 0.1) is 10.7 Å². The standard InChI is InChI=1S/C11H12FN3O3S2/c1-14(2)11(19)20-6-10(16)13-7-3-4-8(12)9(5-7)15(17)18/h3-5H,6H2,1-2H3,(H,13,16). The number of nitrogens with one attached hydrogen (secondary N) is 1. The topological polar surface area (TPSA) is 75.5 Å². The van der Waals surface area contributed by atoms with Gasteiger partial charge >= 0.3 is 5.69 Å². The summed E-state index contributed by atoms with van der Waals surface area (Å²) < 4.78 is 13.7. The van der Waals surface area contributed by atoms with E-state index in [4.69, 9.17) is 12.2 Å². The van der Waals surface area contributed by atoms with Gasteiger partial charge in [-0.15, -0.1) is 0 Å². The van der Waals surface area contributed by atoms with Crippen molar-refractivity contribution in [3.63, 3.8) is 0 Å². The van der Waals surface area contributed by atoms with Crippen LogP contribution in [0.5, 0.6) is 0 Å². The molecule has 0 radical (unpaired) electrons. The van der Waals surface area contributed by atoms with Crippen molar-refractivity contribution in [1.29, 1.82) is 0 Å². The first-order chi connectivity index (χ1) is 9.31. The lowest BCUT2D eigenvalue weighted by molar-refractivity contribution is -0.387. The third-order valence-electron chi connectivity index (χ3n) is 2.12. The van der Waals surface area contributed by atoms with E-state index in [2.05, 4.69) is 5.32 Å². The average Bonchev–Trinajstić information content (AvgIpc) is 2.37. The molecule has 0 saturated carbocycles. The molecule has 0 saturated heterocycles. The lowest BCUT2D eigenvalue weighted by Gasteiger charge is -2.12. The third kappa shape index (κ3) is 4.74. The fourth-order valence-corrected chi connectivity index (χ4v) is 1.95. The van der Waals surface area contributed by atoms with Gasteiger partial charge in [0.1, 0.15) is 4.32 Å². The Hall–Kier alpha value is -1.74. The molecule has 1 aromatic rings. The van der Waals surface area contributed by atoms with Crippen LogP contribution in [-0.4, -0.2) is 39.9 Å². The Morgan fingerprint density at radius 3 is 2.75 bits per heavy atom. The van der Waals surface area contributed by atoms with Gasteiger partial charge in [-0.25, -0.2) is 0 Å². The van der Waals surface area contributed by atoms with Gasteiger partial charge in [-0.2, -0.15) is 4.39 Å². The quantitative estimate of drug-likeness (QED) is 0.521. The molecule has 0 aromatic heterocycles. The molecule has 1 N–H and O–H groups in total. The summed E-state index contributed by atoms with van der Waals surface area (Å²) >= 11 is 6.17. The third-order valence-corrected chi connectivity index (χ3v) is 3.86. The molecule has 0 atom stereocenters. The number of halogens is 1. The van der Waals surface area contributed by atoms with Crippen molar-refractivity contribution in [2.75, 3.05) is 25.2 Å². The van der Waals surface area contributed by atoms with Crippen LogP contribution in [0.2, 0.25) is 0 Å². The largest absolute Gasteiger partial charge is 0.364 e. The molecule has 6 nitrogen and oxygen atoms in total. The van der Waals surface area contributed by atoms with Gasteiger partial charge in [-0.05, 0) is 12.1 Å². The Bertz CT molecular complexity index is 552. The molecule has 0 fully saturated rings. The molecular weight excluding hydrogens is 305 g/mol. The molecule has 0 heterocycles. The summed E-state index contributed by atoms with van der Waals surface area (Å²) in [6.45, 7) is 0. The molecule has 108 valence electrons. The van der Waals surface area contributed by atoms with E-state index in [0.29, 0.717) is 4.32 Å². The number of thioether (sulfide) groups is 1. The van der Waals surface area contributed by atoms with E-state index in [-0.39, 0.29) is 17.3 Å². The lowest BCUT2D eigenvalue weighted by atomic mass is 10.2. The lowest BCUT2D eigenvalue weighted by Crippen LogP contribution is -2.20. The first-order valence-electron chi connectivity index (χ1n) is 5.39. The Morgan fingerprint density at radius 1 is 1.55 bits per heavy atom. The van der Waals surface area contributed by atoms with Crippen LogP contribution in [0.15, 0.2) is 18.2 Å². The van der Waals surface area contributed by atoms with Gasteiger partial charge in [-0.1, -0.05) is 24.0 Å². The molecule has 20 heavy (non-hydrogen) atoms. The van der Waals surface area contributed by atoms with Crippen molar-refractivity contribution >= 4 is 45.6 Å². The minimum Gasteiger partial charge on any atom is -0.364 e. The van der Waals surface area contributed by atoms with Crippen LogP contribution in [0.3, 0.4) is 0 Å². The monoisotopic (exact) mass is 317 g/mol. The van der Waals surface area contributed by atoms with E-state index in [1.807, 2.05) is 0 Å². The maximum Gasteiger partial charge on any atom is 0.306 e. The first-order valence-corrected chi connectivity index (χ1v) is 6.78. The van der Waals surface area contributed by atoms with E-state index in [9.17, 15) is 19.3 Å². The van der Waals surface area contributed by atoms with Gasteiger partial charge in [-0.3, -0.25) is 14.9 Å². The number of rotatable bonds is 4. The van der Waals surface area contributed by atoms with Crippen LogP contribution >= 0.6 is 24.0 Å². The molecule has 0 aliphatic rings. The maximum absolute atomic E-state index is 13.1. The molecule has 0 aliphatic carbocycles. The van der Waals surface area contributed by atoms with Gasteiger partial charge < -0.3 is 10.2 Å². The Kier molecular flexibility index (Phi) is 5.83. The van der Waals surface area contributed by atoms with E-state index < -0.39 is 16.4 Å². The van der Waals surface area contributed by atoms with Crippen molar-refractivity contribution in [2.24, 2.45) is 0 Å². The predicted octanol–water partition coefficient (Wildman–Crippen LogP) is 2.25. The van der Waals surface area contributed by atoms with Crippen molar-refractivity contribution in [3.8, 4) is 0 Å². The van der Waals surface area contributed by atoms with Crippen molar-refractivity contribution in [2.45, 2.75) is 0 Å². The van der Waals surface area contributed by atoms with E-state index >= 15 is 0 Å². The highest BCUT2D eigenvalue weighted by atomic mass is 32.2. The smallest absolute Gasteiger partial charge is 0.306 e. The van der Waals surface area contributed by atoms with E-state index in [1.165, 1.54) is 6.07 Å². The van der Waals surface area contributed by atoms with Crippen LogP contribution in [0.25, 0.3) is 0 Å². The number of hydrogen-bond acceptors (Lipinski definition) is 5. The summed E-state index contributed by atoms with van der Waals surface area (Å²) in [5, 5.41) is 13.0. The number of nitrogens with zero attached hydrogens (tertiary/aromatic N) is 2. The predicted molar refractivity (Wildman–Crippen MR) is 80.4 cm³/mol. The highest BCUT2D eigenvalue weighted by Crippen LogP contribution is 2.21. The molecule has 0 unspecified atom stereocenters. The molecule has 1 rings (SSSR count). The van der Waals surface area contributed by atoms with Gasteiger partial charge in [0.15, 0.2) is 0 Å². The van der Waals surface area contributed by atoms with Crippen LogP contribution < -0.4 is 5.32 Å². The highest BCUT2D eigenvalue weighted by molar-refractivity contribution is 8.23. The maximum atomic E-state index is 13.1. The molecule has 9 heteroatoms. The van der Waals surface area contributed by atoms with Crippen molar-refractivity contribution in [1.82, 2.24) is 4.90 Å². The zero-order valence-electron chi connectivity index (χ0n) is 10.8. The number of benzene rings is 1. The first kappa shape index (κ1) is 16.3. The number of thiocarbonyl (C=S) groups is 1. The second-order valence-electron chi connectivity index (χ2n) is 3.92. The van der Waals surface area contributed by atoms with Crippen LogP contribution in [0.1, 0.15) is 0 Å². The Morgan fingerprint density at radius 2 is 2.20 bits per heavy atom. The average molecular weight is 317 g/mol. The number of hydrogen-bond donors (Lipinski definition) is 1. The zero-order valence-corrected chi connectivity index (χ0v) is 12.4. The van der Waals surface area contributed by atoms with Gasteiger partial charge in [0, 0.05) is 25.8 Å². The molecule has 0 bridgehead atoms. The summed E-state index contributed by atoms with van der Waals surface area (Å²) in [7, 11) is 3.52. The molecule has 1 amide bonds. The highest BCUT2D eigenvalue weighted by Gasteiger charge is 2.15. The summed E-state index contributed by atoms with van der Waals surface area (Å²) in [4.78, 5) is 23.1. The minimum atomic E-state index is -0.948. The minimum absolute atomic E-state index is 0.0716. The number of carbonyl (C=O) groups is 1. The summed E-state index contributed by atoms with van der Waals surface area (Å²) in [6, 6.07) is 3.17. The zero-order chi connectivity index (χ0) is 15.3. The van der Waals surface area contributed by atoms with Crippen LogP contribution in [-0.2, 0) is 4.79 Å². The molecular formula is C11H12FN3O3S2. The number of anilines is 1. The second kappa shape index (κ2) is 7.15. The van der Waals surface area contributed by atoms with Crippen molar-refractivity contribution < 1.29 is 14.1 Å². The molecule has 1 aromatic carbocycles. The number of carbonyl (C=O) groups excluding carboxylic acids is 1. The summed E-state index contributed by atoms with van der Waals surface area (Å²) in [5.41, 5.74) is -0.515. The summed E-state index contributed by atoms with van der Waals surface area (Å²) in [6.07, 6.45) is 0. The fraction of sp³-hybridized carbons (Fsp3) is 0.273. The Labute approximate surface area is 124 Å².